The Balaban J connectivity index is 1.91. The van der Waals surface area contributed by atoms with Crippen molar-refractivity contribution in [3.05, 3.63) is 81.5 Å². The highest BCUT2D eigenvalue weighted by molar-refractivity contribution is 7.14. The molecule has 0 aliphatic rings. The van der Waals surface area contributed by atoms with Gasteiger partial charge in [0.1, 0.15) is 16.1 Å². The van der Waals surface area contributed by atoms with Crippen LogP contribution < -0.4 is 0 Å². The third-order valence-corrected chi connectivity index (χ3v) is 28.9. The highest BCUT2D eigenvalue weighted by Crippen LogP contribution is 2.45. The molecule has 0 atom stereocenters. The van der Waals surface area contributed by atoms with E-state index in [1.807, 2.05) is 22.7 Å². The maximum absolute atomic E-state index is 4.21. The molecule has 0 bridgehead atoms. The van der Waals surface area contributed by atoms with E-state index in [0.717, 1.165) is 12.8 Å². The molecule has 0 saturated carbocycles. The fourth-order valence-corrected chi connectivity index (χ4v) is 23.4. The molecule has 0 spiro atoms. The van der Waals surface area contributed by atoms with Gasteiger partial charge in [-0.05, 0) is 138 Å². The van der Waals surface area contributed by atoms with Crippen LogP contribution in [0.2, 0.25) is 33.2 Å². The summed E-state index contributed by atoms with van der Waals surface area (Å²) in [4.78, 5) is 2.83. The van der Waals surface area contributed by atoms with Gasteiger partial charge in [0.25, 0.3) is 0 Å². The number of thiophene rings is 2. The molecule has 5 aromatic rings. The van der Waals surface area contributed by atoms with Gasteiger partial charge in [0.05, 0.1) is 0 Å². The zero-order valence-electron chi connectivity index (χ0n) is 40.1. The van der Waals surface area contributed by atoms with E-state index in [0.29, 0.717) is 33.2 Å². The lowest BCUT2D eigenvalue weighted by Gasteiger charge is -2.38. The second-order valence-electron chi connectivity index (χ2n) is 19.7. The Morgan fingerprint density at radius 3 is 1.10 bits per heavy atom. The number of hydrogen-bond acceptors (Lipinski definition) is 2. The van der Waals surface area contributed by atoms with Crippen molar-refractivity contribution in [1.29, 1.82) is 0 Å². The van der Waals surface area contributed by atoms with Crippen LogP contribution in [0.25, 0.3) is 42.4 Å². The van der Waals surface area contributed by atoms with Crippen LogP contribution in [0.1, 0.15) is 171 Å². The molecule has 0 amide bonds. The van der Waals surface area contributed by atoms with Gasteiger partial charge in [0.2, 0.25) is 0 Å². The number of hydrogen-bond donors (Lipinski definition) is 0. The fraction of sp³-hybridized carbons (Fsp3) is 0.536. The summed E-state index contributed by atoms with van der Waals surface area (Å²) in [5, 5.41) is 9.67. The molecule has 2 aromatic heterocycles. The third-order valence-electron chi connectivity index (χ3n) is 14.3. The quantitative estimate of drug-likeness (QED) is 0.0356. The van der Waals surface area contributed by atoms with Crippen molar-refractivity contribution in [2.24, 2.45) is 0 Å². The Bertz CT molecular complexity index is 2100. The molecule has 322 valence electrons. The number of fused-ring (bicyclic) bond motifs is 2. The van der Waals surface area contributed by atoms with E-state index < -0.39 is 16.1 Å². The maximum atomic E-state index is 4.21. The number of benzene rings is 3. The summed E-state index contributed by atoms with van der Waals surface area (Å²) < 4.78 is 0. The number of aryl methyl sites for hydroxylation is 2. The van der Waals surface area contributed by atoms with Crippen LogP contribution in [0.5, 0.6) is 0 Å². The van der Waals surface area contributed by atoms with E-state index in [1.54, 1.807) is 0 Å². The van der Waals surface area contributed by atoms with E-state index in [-0.39, 0.29) is 0 Å². The van der Waals surface area contributed by atoms with Gasteiger partial charge in [-0.2, -0.15) is 0 Å². The Kier molecular flexibility index (Phi) is 17.2. The molecule has 5 rings (SSSR count). The number of unbranched alkanes of at least 4 members (excludes halogenated alkanes) is 6. The predicted molar refractivity (Wildman–Crippen MR) is 280 cm³/mol. The smallest absolute Gasteiger partial charge is 0.144 e. The topological polar surface area (TPSA) is 0 Å². The first-order valence-electron chi connectivity index (χ1n) is 23.9. The minimum atomic E-state index is -2.03. The standard InChI is InChI=1S/C56H78S2Si2/c1-15-17-19-21-23-45-29-33-57-55(45)47-25-27-49-52(32-36-60(42(9)10,43(11)12)44(13)14)54-38-48(56-46(30-34-58-56)24-22-20-18-16-2)26-28-50(54)51(53(49)37-47)31-35-59(39(3)4,40(5)6)41(7)8/h25-30,33-34,37-44H,15-24H2,1-14H3. The van der Waals surface area contributed by atoms with E-state index in [2.05, 4.69) is 179 Å². The van der Waals surface area contributed by atoms with Crippen LogP contribution in [0.15, 0.2) is 59.3 Å². The van der Waals surface area contributed by atoms with E-state index >= 15 is 0 Å². The Morgan fingerprint density at radius 1 is 0.433 bits per heavy atom. The SMILES string of the molecule is CCCCCCc1ccsc1-c1ccc2c(C#C[Si](C(C)C)(C(C)C)C(C)C)c3cc(-c4sccc4CCCCCC)ccc3c(C#C[Si](C(C)C)(C(C)C)C(C)C)c2c1. The molecular formula is C56H78S2Si2. The second kappa shape index (κ2) is 21.5. The van der Waals surface area contributed by atoms with E-state index in [1.165, 1.54) is 116 Å². The van der Waals surface area contributed by atoms with Gasteiger partial charge in [-0.1, -0.05) is 172 Å². The van der Waals surface area contributed by atoms with Crippen LogP contribution in [0.3, 0.4) is 0 Å². The minimum absolute atomic E-state index is 0.562. The predicted octanol–water partition coefficient (Wildman–Crippen LogP) is 18.8. The Labute approximate surface area is 377 Å². The van der Waals surface area contributed by atoms with Crippen LogP contribution in [-0.2, 0) is 12.8 Å². The minimum Gasteiger partial charge on any atom is -0.144 e. The highest BCUT2D eigenvalue weighted by Gasteiger charge is 2.43. The summed E-state index contributed by atoms with van der Waals surface area (Å²) in [7, 11) is -4.07. The van der Waals surface area contributed by atoms with E-state index in [4.69, 9.17) is 0 Å². The van der Waals surface area contributed by atoms with Crippen molar-refractivity contribution in [3.8, 4) is 43.8 Å². The normalized spacial score (nSPS) is 12.5. The van der Waals surface area contributed by atoms with Crippen LogP contribution >= 0.6 is 22.7 Å². The van der Waals surface area contributed by atoms with Crippen LogP contribution in [-0.4, -0.2) is 16.1 Å². The summed E-state index contributed by atoms with van der Waals surface area (Å²) >= 11 is 3.80. The first-order valence-corrected chi connectivity index (χ1v) is 30.1. The molecule has 0 N–H and O–H groups in total. The van der Waals surface area contributed by atoms with Crippen molar-refractivity contribution < 1.29 is 0 Å². The average Bonchev–Trinajstić information content (AvgIpc) is 3.88. The second-order valence-corrected chi connectivity index (χ2v) is 32.7. The van der Waals surface area contributed by atoms with E-state index in [9.17, 15) is 0 Å². The lowest BCUT2D eigenvalue weighted by atomic mass is 9.89. The molecule has 60 heavy (non-hydrogen) atoms. The monoisotopic (exact) mass is 871 g/mol. The Hall–Kier alpha value is -2.87. The fourth-order valence-electron chi connectivity index (χ4n) is 11.0. The maximum Gasteiger partial charge on any atom is 0.146 e. The summed E-state index contributed by atoms with van der Waals surface area (Å²) in [5.41, 5.74) is 19.8. The molecule has 3 aromatic carbocycles. The Morgan fingerprint density at radius 2 is 0.783 bits per heavy atom. The summed E-state index contributed by atoms with van der Waals surface area (Å²) in [6.45, 7) is 33.9. The van der Waals surface area contributed by atoms with Gasteiger partial charge >= 0.3 is 0 Å². The first kappa shape index (κ1) is 48.2. The van der Waals surface area contributed by atoms with Crippen molar-refractivity contribution in [1.82, 2.24) is 0 Å². The lowest BCUT2D eigenvalue weighted by molar-refractivity contribution is 0.668. The van der Waals surface area contributed by atoms with Gasteiger partial charge in [-0.15, -0.1) is 33.8 Å². The molecule has 0 aliphatic carbocycles. The van der Waals surface area contributed by atoms with Gasteiger partial charge < -0.3 is 0 Å². The first-order chi connectivity index (χ1) is 28.6. The molecule has 2 heterocycles. The zero-order valence-corrected chi connectivity index (χ0v) is 43.8. The van der Waals surface area contributed by atoms with Crippen LogP contribution in [0.4, 0.5) is 0 Å². The largest absolute Gasteiger partial charge is 0.146 e. The molecule has 0 nitrogen and oxygen atoms in total. The van der Waals surface area contributed by atoms with Crippen molar-refractivity contribution in [3.63, 3.8) is 0 Å². The van der Waals surface area contributed by atoms with Crippen molar-refractivity contribution >= 4 is 60.4 Å². The van der Waals surface area contributed by atoms with Gasteiger partial charge in [-0.3, -0.25) is 0 Å². The lowest BCUT2D eigenvalue weighted by Crippen LogP contribution is -2.43. The van der Waals surface area contributed by atoms with Gasteiger partial charge in [0, 0.05) is 20.9 Å². The number of rotatable bonds is 18. The molecule has 0 unspecified atom stereocenters. The average molecular weight is 872 g/mol. The zero-order chi connectivity index (χ0) is 43.8. The summed E-state index contributed by atoms with van der Waals surface area (Å²) in [6.07, 6.45) is 12.5. The molecule has 4 heteroatoms. The molecule has 0 fully saturated rings. The molecule has 0 radical (unpaired) electrons. The highest BCUT2D eigenvalue weighted by atomic mass is 32.1. The molecular weight excluding hydrogens is 793 g/mol. The van der Waals surface area contributed by atoms with Crippen LogP contribution in [0, 0.1) is 22.9 Å². The molecule has 0 saturated heterocycles. The summed E-state index contributed by atoms with van der Waals surface area (Å²) in [6, 6.07) is 19.4. The summed E-state index contributed by atoms with van der Waals surface area (Å²) in [5.74, 6) is 8.18. The van der Waals surface area contributed by atoms with Crippen molar-refractivity contribution in [2.45, 2.75) is 194 Å². The van der Waals surface area contributed by atoms with Gasteiger partial charge in [-0.25, -0.2) is 0 Å². The van der Waals surface area contributed by atoms with Crippen molar-refractivity contribution in [2.75, 3.05) is 0 Å². The third kappa shape index (κ3) is 10.00. The van der Waals surface area contributed by atoms with Gasteiger partial charge in [0.15, 0.2) is 0 Å². The molecule has 0 aliphatic heterocycles.